The van der Waals surface area contributed by atoms with Gasteiger partial charge in [-0.05, 0) is 49.1 Å². The number of carbonyl (C=O) groups is 2. The third-order valence-corrected chi connectivity index (χ3v) is 4.40. The van der Waals surface area contributed by atoms with E-state index in [0.717, 1.165) is 0 Å². The van der Waals surface area contributed by atoms with Crippen LogP contribution in [0.15, 0.2) is 28.7 Å². The van der Waals surface area contributed by atoms with Gasteiger partial charge in [0.05, 0.1) is 15.1 Å². The number of benzene rings is 1. The molecule has 0 saturated carbocycles. The Kier molecular flexibility index (Phi) is 6.57. The smallest absolute Gasteiger partial charge is 0.270 e. The third-order valence-electron chi connectivity index (χ3n) is 3.30. The average molecular weight is 429 g/mol. The van der Waals surface area contributed by atoms with Gasteiger partial charge in [-0.2, -0.15) is 5.10 Å². The highest BCUT2D eigenvalue weighted by Gasteiger charge is 2.21. The van der Waals surface area contributed by atoms with Gasteiger partial charge in [-0.3, -0.25) is 14.7 Å². The van der Waals surface area contributed by atoms with Crippen LogP contribution in [-0.4, -0.2) is 53.6 Å². The Hall–Kier alpha value is -1.90. The molecule has 3 N–H and O–H groups in total. The van der Waals surface area contributed by atoms with Crippen LogP contribution < -0.4 is 10.6 Å². The van der Waals surface area contributed by atoms with Crippen LogP contribution in [0.25, 0.3) is 0 Å². The van der Waals surface area contributed by atoms with Crippen LogP contribution >= 0.6 is 27.5 Å². The lowest BCUT2D eigenvalue weighted by molar-refractivity contribution is 0.0927. The minimum absolute atomic E-state index is 0.0427. The van der Waals surface area contributed by atoms with E-state index in [1.165, 1.54) is 0 Å². The number of hydrogen-bond donors (Lipinski definition) is 3. The van der Waals surface area contributed by atoms with E-state index in [4.69, 9.17) is 11.6 Å². The molecule has 0 saturated heterocycles. The Morgan fingerprint density at radius 1 is 1.32 bits per heavy atom. The fourth-order valence-electron chi connectivity index (χ4n) is 2.27. The first-order valence-electron chi connectivity index (χ1n) is 7.55. The number of aromatic nitrogens is 2. The summed E-state index contributed by atoms with van der Waals surface area (Å²) in [5, 5.41) is 12.4. The maximum Gasteiger partial charge on any atom is 0.270 e. The number of rotatable bonds is 6. The number of likely N-dealkylation sites (N-methyl/N-ethyl adjacent to an activating group) is 1. The van der Waals surface area contributed by atoms with Crippen LogP contribution in [0.5, 0.6) is 0 Å². The van der Waals surface area contributed by atoms with Crippen LogP contribution in [-0.2, 0) is 0 Å². The standard InChI is InChI=1S/C16H19BrClN5O2/c1-9(8-23(2)3)19-16(25)13-12(17)14(22-21-13)20-15(24)10-6-4-5-7-11(10)18/h4-7,9H,8H2,1-3H3,(H,19,25)(H2,20,21,22,24). The second kappa shape index (κ2) is 8.46. The van der Waals surface area contributed by atoms with Crippen molar-refractivity contribution in [3.8, 4) is 0 Å². The van der Waals surface area contributed by atoms with Crippen molar-refractivity contribution >= 4 is 45.2 Å². The maximum atomic E-state index is 12.3. The molecule has 1 aromatic heterocycles. The quantitative estimate of drug-likeness (QED) is 0.660. The summed E-state index contributed by atoms with van der Waals surface area (Å²) in [6, 6.07) is 6.64. The summed E-state index contributed by atoms with van der Waals surface area (Å²) >= 11 is 9.31. The lowest BCUT2D eigenvalue weighted by Crippen LogP contribution is -2.39. The molecular weight excluding hydrogens is 410 g/mol. The first kappa shape index (κ1) is 19.4. The number of nitrogens with zero attached hydrogens (tertiary/aromatic N) is 2. The summed E-state index contributed by atoms with van der Waals surface area (Å²) in [6.45, 7) is 2.61. The molecule has 0 aliphatic rings. The summed E-state index contributed by atoms with van der Waals surface area (Å²) in [6.07, 6.45) is 0. The van der Waals surface area contributed by atoms with Crippen LogP contribution in [0.2, 0.25) is 5.02 Å². The van der Waals surface area contributed by atoms with E-state index in [9.17, 15) is 9.59 Å². The number of nitrogens with one attached hydrogen (secondary N) is 3. The van der Waals surface area contributed by atoms with Gasteiger partial charge in [0, 0.05) is 12.6 Å². The highest BCUT2D eigenvalue weighted by atomic mass is 79.9. The van der Waals surface area contributed by atoms with E-state index in [0.29, 0.717) is 21.6 Å². The molecule has 0 radical (unpaired) electrons. The first-order chi connectivity index (χ1) is 11.8. The van der Waals surface area contributed by atoms with Crippen molar-refractivity contribution in [2.24, 2.45) is 0 Å². The molecule has 0 bridgehead atoms. The first-order valence-corrected chi connectivity index (χ1v) is 8.72. The molecule has 1 atom stereocenters. The van der Waals surface area contributed by atoms with Crippen LogP contribution in [0, 0.1) is 0 Å². The Morgan fingerprint density at radius 3 is 2.64 bits per heavy atom. The average Bonchev–Trinajstić information content (AvgIpc) is 2.87. The minimum atomic E-state index is -0.411. The molecule has 1 unspecified atom stereocenters. The molecule has 2 amide bonds. The van der Waals surface area contributed by atoms with E-state index in [1.807, 2.05) is 25.9 Å². The molecule has 1 heterocycles. The van der Waals surface area contributed by atoms with Gasteiger partial charge in [0.15, 0.2) is 5.82 Å². The molecule has 134 valence electrons. The molecule has 2 rings (SSSR count). The van der Waals surface area contributed by atoms with Gasteiger partial charge < -0.3 is 15.5 Å². The summed E-state index contributed by atoms with van der Waals surface area (Å²) in [5.41, 5.74) is 0.560. The molecule has 0 spiro atoms. The van der Waals surface area contributed by atoms with E-state index in [-0.39, 0.29) is 23.5 Å². The normalized spacial score (nSPS) is 12.1. The van der Waals surface area contributed by atoms with Crippen molar-refractivity contribution < 1.29 is 9.59 Å². The fraction of sp³-hybridized carbons (Fsp3) is 0.312. The molecule has 25 heavy (non-hydrogen) atoms. The fourth-order valence-corrected chi connectivity index (χ4v) is 2.95. The number of H-pyrrole nitrogens is 1. The van der Waals surface area contributed by atoms with Crippen molar-refractivity contribution in [3.63, 3.8) is 0 Å². The van der Waals surface area contributed by atoms with E-state index >= 15 is 0 Å². The Balaban J connectivity index is 2.09. The SMILES string of the molecule is CC(CN(C)C)NC(=O)c1[nH]nc(NC(=O)c2ccccc2Cl)c1Br. The summed E-state index contributed by atoms with van der Waals surface area (Å²) < 4.78 is 0.377. The minimum Gasteiger partial charge on any atom is -0.347 e. The Morgan fingerprint density at radius 2 is 2.00 bits per heavy atom. The van der Waals surface area contributed by atoms with Gasteiger partial charge in [0.2, 0.25) is 0 Å². The number of anilines is 1. The largest absolute Gasteiger partial charge is 0.347 e. The Bertz CT molecular complexity index is 778. The zero-order valence-corrected chi connectivity index (χ0v) is 16.4. The molecule has 7 nitrogen and oxygen atoms in total. The number of aromatic amines is 1. The maximum absolute atomic E-state index is 12.3. The van der Waals surface area contributed by atoms with Gasteiger partial charge in [0.1, 0.15) is 5.69 Å². The van der Waals surface area contributed by atoms with E-state index in [2.05, 4.69) is 36.8 Å². The van der Waals surface area contributed by atoms with Crippen molar-refractivity contribution in [1.82, 2.24) is 20.4 Å². The Labute approximate surface area is 159 Å². The van der Waals surface area contributed by atoms with Crippen LogP contribution in [0.3, 0.4) is 0 Å². The van der Waals surface area contributed by atoms with Gasteiger partial charge in [-0.1, -0.05) is 23.7 Å². The molecule has 0 fully saturated rings. The zero-order chi connectivity index (χ0) is 18.6. The molecule has 2 aromatic rings. The van der Waals surface area contributed by atoms with Gasteiger partial charge in [0.25, 0.3) is 11.8 Å². The highest BCUT2D eigenvalue weighted by molar-refractivity contribution is 9.10. The summed E-state index contributed by atoms with van der Waals surface area (Å²) in [7, 11) is 3.86. The third kappa shape index (κ3) is 5.04. The molecule has 0 aliphatic heterocycles. The second-order valence-corrected chi connectivity index (χ2v) is 7.03. The molecular formula is C16H19BrClN5O2. The van der Waals surface area contributed by atoms with Gasteiger partial charge in [-0.15, -0.1) is 0 Å². The highest BCUT2D eigenvalue weighted by Crippen LogP contribution is 2.25. The number of amides is 2. The van der Waals surface area contributed by atoms with Gasteiger partial charge >= 0.3 is 0 Å². The molecule has 9 heteroatoms. The monoisotopic (exact) mass is 427 g/mol. The number of halogens is 2. The topological polar surface area (TPSA) is 90.1 Å². The lowest BCUT2D eigenvalue weighted by atomic mass is 10.2. The molecule has 1 aromatic carbocycles. The lowest BCUT2D eigenvalue weighted by Gasteiger charge is -2.17. The predicted molar refractivity (Wildman–Crippen MR) is 101 cm³/mol. The predicted octanol–water partition coefficient (Wildman–Crippen LogP) is 2.76. The number of hydrogen-bond acceptors (Lipinski definition) is 4. The van der Waals surface area contributed by atoms with Crippen molar-refractivity contribution in [2.75, 3.05) is 26.0 Å². The van der Waals surface area contributed by atoms with Crippen molar-refractivity contribution in [3.05, 3.63) is 45.0 Å². The van der Waals surface area contributed by atoms with Crippen LogP contribution in [0.4, 0.5) is 5.82 Å². The second-order valence-electron chi connectivity index (χ2n) is 5.83. The summed E-state index contributed by atoms with van der Waals surface area (Å²) in [4.78, 5) is 26.6. The van der Waals surface area contributed by atoms with Crippen molar-refractivity contribution in [1.29, 1.82) is 0 Å². The zero-order valence-electron chi connectivity index (χ0n) is 14.1. The number of carbonyl (C=O) groups excluding carboxylic acids is 2. The summed E-state index contributed by atoms with van der Waals surface area (Å²) in [5.74, 6) is -0.506. The van der Waals surface area contributed by atoms with E-state index < -0.39 is 5.91 Å². The van der Waals surface area contributed by atoms with Crippen molar-refractivity contribution in [2.45, 2.75) is 13.0 Å². The van der Waals surface area contributed by atoms with Gasteiger partial charge in [-0.25, -0.2) is 0 Å². The molecule has 0 aliphatic carbocycles. The van der Waals surface area contributed by atoms with Crippen LogP contribution in [0.1, 0.15) is 27.8 Å². The van der Waals surface area contributed by atoms with E-state index in [1.54, 1.807) is 24.3 Å².